The second-order valence-corrected chi connectivity index (χ2v) is 8.50. The van der Waals surface area contributed by atoms with Crippen LogP contribution in [-0.4, -0.2) is 25.1 Å². The molecule has 5 rings (SSSR count). The largest absolute Gasteiger partial charge is 0.350 e. The number of aromatic nitrogens is 4. The fraction of sp³-hybridized carbons (Fsp3) is 0.143. The van der Waals surface area contributed by atoms with Gasteiger partial charge in [0.1, 0.15) is 12.4 Å². The van der Waals surface area contributed by atoms with Crippen molar-refractivity contribution < 1.29 is 9.18 Å². The van der Waals surface area contributed by atoms with Crippen LogP contribution in [0.1, 0.15) is 22.4 Å². The van der Waals surface area contributed by atoms with E-state index in [1.165, 1.54) is 10.6 Å². The maximum atomic E-state index is 14.0. The van der Waals surface area contributed by atoms with Crippen LogP contribution in [0.2, 0.25) is 0 Å². The molecule has 1 amide bonds. The van der Waals surface area contributed by atoms with Crippen LogP contribution in [0.3, 0.4) is 0 Å². The summed E-state index contributed by atoms with van der Waals surface area (Å²) in [6.45, 7) is 1.76. The molecule has 7 nitrogen and oxygen atoms in total. The van der Waals surface area contributed by atoms with Crippen molar-refractivity contribution in [2.24, 2.45) is 0 Å². The fourth-order valence-electron chi connectivity index (χ4n) is 4.15. The Bertz CT molecular complexity index is 1590. The van der Waals surface area contributed by atoms with Gasteiger partial charge >= 0.3 is 0 Å². The van der Waals surface area contributed by atoms with Crippen LogP contribution in [0.4, 0.5) is 4.39 Å². The Balaban J connectivity index is 1.55. The summed E-state index contributed by atoms with van der Waals surface area (Å²) in [5.41, 5.74) is 3.01. The van der Waals surface area contributed by atoms with Crippen LogP contribution in [-0.2, 0) is 24.3 Å². The van der Waals surface area contributed by atoms with Gasteiger partial charge in [0.2, 0.25) is 11.7 Å². The lowest BCUT2D eigenvalue weighted by Gasteiger charge is -2.15. The Kier molecular flexibility index (Phi) is 6.40. The summed E-state index contributed by atoms with van der Waals surface area (Å²) in [5, 5.41) is 7.26. The van der Waals surface area contributed by atoms with Crippen molar-refractivity contribution in [3.05, 3.63) is 123 Å². The zero-order valence-electron chi connectivity index (χ0n) is 19.7. The van der Waals surface area contributed by atoms with Gasteiger partial charge in [0.25, 0.3) is 5.56 Å². The van der Waals surface area contributed by atoms with E-state index in [1.54, 1.807) is 29.7 Å². The number of hydrogen-bond donors (Lipinski definition) is 1. The molecule has 36 heavy (non-hydrogen) atoms. The summed E-state index contributed by atoms with van der Waals surface area (Å²) in [6.07, 6.45) is 0.388. The number of hydrogen-bond acceptors (Lipinski definition) is 4. The lowest BCUT2D eigenvalue weighted by molar-refractivity contribution is -0.121. The number of carbonyl (C=O) groups excluding carboxylic acids is 1. The van der Waals surface area contributed by atoms with E-state index >= 15 is 0 Å². The number of nitrogens with zero attached hydrogens (tertiary/aromatic N) is 4. The van der Waals surface area contributed by atoms with Crippen molar-refractivity contribution in [3.8, 4) is 11.4 Å². The van der Waals surface area contributed by atoms with Crippen molar-refractivity contribution in [3.63, 3.8) is 0 Å². The number of benzene rings is 3. The Morgan fingerprint density at radius 2 is 1.61 bits per heavy atom. The molecule has 0 aliphatic carbocycles. The SMILES string of the molecule is Cc1c(Cc2ccccc2)c(=O)n2nc(-c3ccccc3)nc2n1CC(=O)NCc1ccccc1F. The zero-order valence-corrected chi connectivity index (χ0v) is 19.7. The molecule has 0 radical (unpaired) electrons. The van der Waals surface area contributed by atoms with E-state index in [-0.39, 0.29) is 36.2 Å². The smallest absolute Gasteiger partial charge is 0.279 e. The summed E-state index contributed by atoms with van der Waals surface area (Å²) in [5.74, 6) is -0.0460. The molecule has 2 heterocycles. The van der Waals surface area contributed by atoms with Crippen LogP contribution >= 0.6 is 0 Å². The van der Waals surface area contributed by atoms with Gasteiger partial charge in [0.05, 0.1) is 0 Å². The third kappa shape index (κ3) is 4.65. The first-order chi connectivity index (χ1) is 17.5. The molecule has 3 aromatic carbocycles. The van der Waals surface area contributed by atoms with Crippen molar-refractivity contribution in [1.29, 1.82) is 0 Å². The van der Waals surface area contributed by atoms with Gasteiger partial charge < -0.3 is 9.88 Å². The van der Waals surface area contributed by atoms with E-state index in [9.17, 15) is 14.0 Å². The van der Waals surface area contributed by atoms with E-state index in [1.807, 2.05) is 60.7 Å². The highest BCUT2D eigenvalue weighted by Crippen LogP contribution is 2.18. The van der Waals surface area contributed by atoms with Crippen LogP contribution < -0.4 is 10.9 Å². The third-order valence-electron chi connectivity index (χ3n) is 6.11. The van der Waals surface area contributed by atoms with Gasteiger partial charge in [-0.2, -0.15) is 9.50 Å². The summed E-state index contributed by atoms with van der Waals surface area (Å²) >= 11 is 0. The molecule has 0 bridgehead atoms. The second-order valence-electron chi connectivity index (χ2n) is 8.50. The summed E-state index contributed by atoms with van der Waals surface area (Å²) in [4.78, 5) is 31.0. The topological polar surface area (TPSA) is 81.3 Å². The molecule has 180 valence electrons. The van der Waals surface area contributed by atoms with Gasteiger partial charge in [-0.1, -0.05) is 78.9 Å². The molecule has 8 heteroatoms. The molecule has 0 aliphatic heterocycles. The molecule has 0 atom stereocenters. The first-order valence-electron chi connectivity index (χ1n) is 11.6. The van der Waals surface area contributed by atoms with Crippen LogP contribution in [0.5, 0.6) is 0 Å². The standard InChI is InChI=1S/C28H24FN5O2/c1-19-23(16-20-10-4-2-5-11-20)27(36)34-28(31-26(32-34)21-12-6-3-7-13-21)33(19)18-25(35)30-17-22-14-8-9-15-24(22)29/h2-15H,16-18H2,1H3,(H,30,35). The van der Waals surface area contributed by atoms with E-state index in [2.05, 4.69) is 15.4 Å². The highest BCUT2D eigenvalue weighted by molar-refractivity contribution is 5.76. The molecule has 0 saturated heterocycles. The van der Waals surface area contributed by atoms with Gasteiger partial charge in [-0.3, -0.25) is 9.59 Å². The first-order valence-corrected chi connectivity index (χ1v) is 11.6. The van der Waals surface area contributed by atoms with Crippen molar-refractivity contribution in [2.45, 2.75) is 26.4 Å². The van der Waals surface area contributed by atoms with Gasteiger partial charge in [0.15, 0.2) is 5.82 Å². The summed E-state index contributed by atoms with van der Waals surface area (Å²) < 4.78 is 16.9. The summed E-state index contributed by atoms with van der Waals surface area (Å²) in [7, 11) is 0. The molecule has 5 aromatic rings. The average molecular weight is 482 g/mol. The van der Waals surface area contributed by atoms with Gasteiger partial charge in [0, 0.05) is 35.3 Å². The Labute approximate surface area is 206 Å². The van der Waals surface area contributed by atoms with E-state index in [4.69, 9.17) is 0 Å². The minimum atomic E-state index is -0.380. The van der Waals surface area contributed by atoms with E-state index in [0.29, 0.717) is 29.1 Å². The Morgan fingerprint density at radius 3 is 2.33 bits per heavy atom. The third-order valence-corrected chi connectivity index (χ3v) is 6.11. The quantitative estimate of drug-likeness (QED) is 0.382. The number of fused-ring (bicyclic) bond motifs is 1. The molecule has 0 saturated carbocycles. The van der Waals surface area contributed by atoms with E-state index < -0.39 is 0 Å². The van der Waals surface area contributed by atoms with Gasteiger partial charge in [-0.05, 0) is 18.6 Å². The lowest BCUT2D eigenvalue weighted by atomic mass is 10.0. The monoisotopic (exact) mass is 481 g/mol. The van der Waals surface area contributed by atoms with Gasteiger partial charge in [-0.25, -0.2) is 4.39 Å². The Hall–Kier alpha value is -4.59. The van der Waals surface area contributed by atoms with Crippen molar-refractivity contribution in [1.82, 2.24) is 24.5 Å². The molecule has 0 spiro atoms. The number of halogens is 1. The van der Waals surface area contributed by atoms with Gasteiger partial charge in [-0.15, -0.1) is 5.10 Å². The number of amides is 1. The normalized spacial score (nSPS) is 11.1. The number of nitrogens with one attached hydrogen (secondary N) is 1. The minimum absolute atomic E-state index is 0.0554. The van der Waals surface area contributed by atoms with Crippen LogP contribution in [0.15, 0.2) is 89.7 Å². The Morgan fingerprint density at radius 1 is 0.944 bits per heavy atom. The number of rotatable bonds is 7. The van der Waals surface area contributed by atoms with E-state index in [0.717, 1.165) is 11.1 Å². The van der Waals surface area contributed by atoms with Crippen molar-refractivity contribution in [2.75, 3.05) is 0 Å². The maximum Gasteiger partial charge on any atom is 0.279 e. The molecule has 0 fully saturated rings. The molecule has 0 unspecified atom stereocenters. The maximum absolute atomic E-state index is 14.0. The average Bonchev–Trinajstić information content (AvgIpc) is 3.35. The predicted octanol–water partition coefficient (Wildman–Crippen LogP) is 3.91. The van der Waals surface area contributed by atoms with Crippen molar-refractivity contribution >= 4 is 11.7 Å². The number of carbonyl (C=O) groups is 1. The predicted molar refractivity (Wildman–Crippen MR) is 135 cm³/mol. The minimum Gasteiger partial charge on any atom is -0.350 e. The highest BCUT2D eigenvalue weighted by Gasteiger charge is 2.20. The molecule has 1 N–H and O–H groups in total. The second kappa shape index (κ2) is 9.95. The first kappa shape index (κ1) is 23.2. The highest BCUT2D eigenvalue weighted by atomic mass is 19.1. The van der Waals surface area contributed by atoms with Crippen LogP contribution in [0.25, 0.3) is 17.2 Å². The lowest BCUT2D eigenvalue weighted by Crippen LogP contribution is -2.32. The molecule has 2 aromatic heterocycles. The molecular weight excluding hydrogens is 457 g/mol. The molecule has 0 aliphatic rings. The fourth-order valence-corrected chi connectivity index (χ4v) is 4.15. The molecular formula is C28H24FN5O2. The zero-order chi connectivity index (χ0) is 25.1. The van der Waals surface area contributed by atoms with Crippen LogP contribution in [0, 0.1) is 12.7 Å². The summed E-state index contributed by atoms with van der Waals surface area (Å²) in [6, 6.07) is 25.3.